The predicted octanol–water partition coefficient (Wildman–Crippen LogP) is 3.28. The standard InChI is InChI=1S/C18H17ClF3N3O4S/c1-29-14-5-3-4-12(8-14)10-23-24-17(26)11-25(30(2,27)28)16-9-13(18(20,21)22)6-7-15(16)19/h3-10H,11H2,1-2H3,(H,24,26)/b23-10-. The van der Waals surface area contributed by atoms with Crippen molar-refractivity contribution in [2.24, 2.45) is 5.10 Å². The van der Waals surface area contributed by atoms with Gasteiger partial charge in [-0.05, 0) is 35.9 Å². The minimum absolute atomic E-state index is 0.263. The number of nitrogens with zero attached hydrogens (tertiary/aromatic N) is 2. The summed E-state index contributed by atoms with van der Waals surface area (Å²) in [7, 11) is -2.65. The molecular formula is C18H17ClF3N3O4S. The summed E-state index contributed by atoms with van der Waals surface area (Å²) in [4.78, 5) is 12.2. The van der Waals surface area contributed by atoms with Gasteiger partial charge in [-0.1, -0.05) is 23.7 Å². The van der Waals surface area contributed by atoms with Crippen LogP contribution in [0, 0.1) is 0 Å². The van der Waals surface area contributed by atoms with E-state index in [0.29, 0.717) is 27.8 Å². The first-order valence-electron chi connectivity index (χ1n) is 8.22. The van der Waals surface area contributed by atoms with Crippen molar-refractivity contribution in [3.63, 3.8) is 0 Å². The maximum absolute atomic E-state index is 13.0. The van der Waals surface area contributed by atoms with Crippen LogP contribution in [0.4, 0.5) is 18.9 Å². The predicted molar refractivity (Wildman–Crippen MR) is 107 cm³/mol. The molecule has 12 heteroatoms. The first-order chi connectivity index (χ1) is 13.9. The number of rotatable bonds is 7. The van der Waals surface area contributed by atoms with Crippen LogP contribution in [0.3, 0.4) is 0 Å². The largest absolute Gasteiger partial charge is 0.497 e. The Bertz CT molecular complexity index is 1060. The molecule has 0 heterocycles. The van der Waals surface area contributed by atoms with Gasteiger partial charge < -0.3 is 4.74 Å². The van der Waals surface area contributed by atoms with E-state index in [2.05, 4.69) is 10.5 Å². The molecule has 2 aromatic carbocycles. The number of hydrogen-bond acceptors (Lipinski definition) is 5. The number of benzene rings is 2. The zero-order chi connectivity index (χ0) is 22.5. The summed E-state index contributed by atoms with van der Waals surface area (Å²) >= 11 is 5.90. The number of hydrazone groups is 1. The van der Waals surface area contributed by atoms with Gasteiger partial charge in [0.15, 0.2) is 0 Å². The maximum atomic E-state index is 13.0. The summed E-state index contributed by atoms with van der Waals surface area (Å²) in [6, 6.07) is 8.92. The second-order valence-electron chi connectivity index (χ2n) is 6.00. The summed E-state index contributed by atoms with van der Waals surface area (Å²) in [5.41, 5.74) is 1.14. The number of amides is 1. The van der Waals surface area contributed by atoms with Crippen molar-refractivity contribution in [3.05, 3.63) is 58.6 Å². The highest BCUT2D eigenvalue weighted by Gasteiger charge is 2.33. The molecule has 0 aromatic heterocycles. The third-order valence-corrected chi connectivity index (χ3v) is 5.17. The zero-order valence-electron chi connectivity index (χ0n) is 15.8. The molecule has 0 atom stereocenters. The van der Waals surface area contributed by atoms with E-state index in [0.717, 1.165) is 12.3 Å². The van der Waals surface area contributed by atoms with Gasteiger partial charge in [-0.2, -0.15) is 18.3 Å². The fraction of sp³-hybridized carbons (Fsp3) is 0.222. The van der Waals surface area contributed by atoms with Crippen LogP contribution < -0.4 is 14.5 Å². The molecule has 162 valence electrons. The second kappa shape index (κ2) is 9.35. The van der Waals surface area contributed by atoms with Gasteiger partial charge in [-0.15, -0.1) is 0 Å². The molecule has 0 spiro atoms. The molecule has 7 nitrogen and oxygen atoms in total. The Morgan fingerprint density at radius 1 is 1.27 bits per heavy atom. The Labute approximate surface area is 176 Å². The fourth-order valence-corrected chi connectivity index (χ4v) is 3.46. The first kappa shape index (κ1) is 23.5. The minimum Gasteiger partial charge on any atom is -0.497 e. The van der Waals surface area contributed by atoms with E-state index in [4.69, 9.17) is 16.3 Å². The molecule has 1 amide bonds. The van der Waals surface area contributed by atoms with Gasteiger partial charge >= 0.3 is 6.18 Å². The van der Waals surface area contributed by atoms with Crippen LogP contribution in [0.2, 0.25) is 5.02 Å². The number of ether oxygens (including phenoxy) is 1. The van der Waals surface area contributed by atoms with Crippen molar-refractivity contribution in [3.8, 4) is 5.75 Å². The van der Waals surface area contributed by atoms with Crippen LogP contribution >= 0.6 is 11.6 Å². The Balaban J connectivity index is 2.21. The molecule has 2 rings (SSSR count). The van der Waals surface area contributed by atoms with Crippen molar-refractivity contribution in [2.75, 3.05) is 24.2 Å². The number of carbonyl (C=O) groups is 1. The zero-order valence-corrected chi connectivity index (χ0v) is 17.3. The van der Waals surface area contributed by atoms with Crippen LogP contribution in [0.25, 0.3) is 0 Å². The lowest BCUT2D eigenvalue weighted by Gasteiger charge is -2.23. The molecule has 0 saturated heterocycles. The SMILES string of the molecule is COc1cccc(/C=N\NC(=O)CN(c2cc(C(F)(F)F)ccc2Cl)S(C)(=O)=O)c1. The van der Waals surface area contributed by atoms with Crippen molar-refractivity contribution in [1.82, 2.24) is 5.43 Å². The average molecular weight is 464 g/mol. The summed E-state index contributed by atoms with van der Waals surface area (Å²) in [5, 5.41) is 3.45. The summed E-state index contributed by atoms with van der Waals surface area (Å²) in [6.07, 6.45) is -2.68. The fourth-order valence-electron chi connectivity index (χ4n) is 2.33. The molecule has 30 heavy (non-hydrogen) atoms. The molecule has 0 unspecified atom stereocenters. The van der Waals surface area contributed by atoms with E-state index in [1.54, 1.807) is 24.3 Å². The lowest BCUT2D eigenvalue weighted by atomic mass is 10.2. The normalized spacial score (nSPS) is 12.1. The minimum atomic E-state index is -4.72. The number of hydrogen-bond donors (Lipinski definition) is 1. The summed E-state index contributed by atoms with van der Waals surface area (Å²) < 4.78 is 68.7. The molecule has 0 saturated carbocycles. The van der Waals surface area contributed by atoms with Crippen LogP contribution in [0.5, 0.6) is 5.75 Å². The number of anilines is 1. The van der Waals surface area contributed by atoms with Gasteiger partial charge in [0.2, 0.25) is 10.0 Å². The monoisotopic (exact) mass is 463 g/mol. The van der Waals surface area contributed by atoms with Crippen molar-refractivity contribution in [2.45, 2.75) is 6.18 Å². The van der Waals surface area contributed by atoms with E-state index in [1.807, 2.05) is 0 Å². The van der Waals surface area contributed by atoms with Gasteiger partial charge in [-0.3, -0.25) is 9.10 Å². The molecule has 0 aliphatic rings. The number of sulfonamides is 1. The van der Waals surface area contributed by atoms with Crippen LogP contribution in [0.15, 0.2) is 47.6 Å². The third-order valence-electron chi connectivity index (χ3n) is 3.73. The number of alkyl halides is 3. The molecule has 0 aliphatic carbocycles. The summed E-state index contributed by atoms with van der Waals surface area (Å²) in [5.74, 6) is -0.319. The smallest absolute Gasteiger partial charge is 0.416 e. The molecule has 2 aromatic rings. The number of methoxy groups -OCH3 is 1. The van der Waals surface area contributed by atoms with E-state index in [1.165, 1.54) is 13.3 Å². The first-order valence-corrected chi connectivity index (χ1v) is 10.4. The molecule has 0 bridgehead atoms. The van der Waals surface area contributed by atoms with Crippen molar-refractivity contribution >= 4 is 39.4 Å². The highest BCUT2D eigenvalue weighted by atomic mass is 35.5. The topological polar surface area (TPSA) is 88.1 Å². The Kier molecular flexibility index (Phi) is 7.32. The third kappa shape index (κ3) is 6.36. The van der Waals surface area contributed by atoms with E-state index in [-0.39, 0.29) is 5.02 Å². The van der Waals surface area contributed by atoms with Crippen LogP contribution in [-0.2, 0) is 21.0 Å². The number of nitrogens with one attached hydrogen (secondary N) is 1. The second-order valence-corrected chi connectivity index (χ2v) is 8.32. The van der Waals surface area contributed by atoms with E-state index < -0.39 is 39.9 Å². The number of halogens is 4. The quantitative estimate of drug-likeness (QED) is 0.504. The lowest BCUT2D eigenvalue weighted by Crippen LogP contribution is -2.39. The molecule has 0 aliphatic heterocycles. The molecule has 0 fully saturated rings. The van der Waals surface area contributed by atoms with E-state index >= 15 is 0 Å². The molecular weight excluding hydrogens is 447 g/mol. The maximum Gasteiger partial charge on any atom is 0.416 e. The highest BCUT2D eigenvalue weighted by molar-refractivity contribution is 7.92. The van der Waals surface area contributed by atoms with Crippen LogP contribution in [0.1, 0.15) is 11.1 Å². The van der Waals surface area contributed by atoms with Crippen LogP contribution in [-0.4, -0.2) is 40.4 Å². The average Bonchev–Trinajstić information content (AvgIpc) is 2.65. The van der Waals surface area contributed by atoms with E-state index in [9.17, 15) is 26.4 Å². The summed E-state index contributed by atoms with van der Waals surface area (Å²) in [6.45, 7) is -0.824. The Hall–Kier alpha value is -2.79. The van der Waals surface area contributed by atoms with Crippen molar-refractivity contribution < 1.29 is 31.1 Å². The lowest BCUT2D eigenvalue weighted by molar-refractivity contribution is -0.137. The Morgan fingerprint density at radius 2 is 1.97 bits per heavy atom. The van der Waals surface area contributed by atoms with Gasteiger partial charge in [0.1, 0.15) is 12.3 Å². The van der Waals surface area contributed by atoms with Gasteiger partial charge in [0, 0.05) is 0 Å². The Morgan fingerprint density at radius 3 is 2.57 bits per heavy atom. The van der Waals surface area contributed by atoms with Gasteiger partial charge in [0.05, 0.1) is 35.9 Å². The highest BCUT2D eigenvalue weighted by Crippen LogP contribution is 2.36. The van der Waals surface area contributed by atoms with Gasteiger partial charge in [0.25, 0.3) is 5.91 Å². The molecule has 1 N–H and O–H groups in total. The van der Waals surface area contributed by atoms with Gasteiger partial charge in [-0.25, -0.2) is 13.8 Å². The molecule has 0 radical (unpaired) electrons. The van der Waals surface area contributed by atoms with Crippen molar-refractivity contribution in [1.29, 1.82) is 0 Å². The number of carbonyl (C=O) groups excluding carboxylic acids is 1.